The van der Waals surface area contributed by atoms with Crippen LogP contribution in [0.3, 0.4) is 0 Å². The van der Waals surface area contributed by atoms with Crippen molar-refractivity contribution in [3.63, 3.8) is 0 Å². The molecule has 7 nitrogen and oxygen atoms in total. The highest BCUT2D eigenvalue weighted by Crippen LogP contribution is 2.33. The number of likely N-dealkylation sites (tertiary alicyclic amines) is 1. The summed E-state index contributed by atoms with van der Waals surface area (Å²) in [5, 5.41) is 0.980. The molecule has 8 heteroatoms. The number of hydrogen-bond acceptors (Lipinski definition) is 6. The predicted molar refractivity (Wildman–Crippen MR) is 103 cm³/mol. The maximum absolute atomic E-state index is 12.3. The number of benzene rings is 1. The second-order valence-electron chi connectivity index (χ2n) is 7.51. The number of piperidine rings is 1. The van der Waals surface area contributed by atoms with Gasteiger partial charge in [0.2, 0.25) is 5.28 Å². The van der Waals surface area contributed by atoms with Gasteiger partial charge in [-0.1, -0.05) is 0 Å². The van der Waals surface area contributed by atoms with Gasteiger partial charge in [-0.15, -0.1) is 0 Å². The lowest BCUT2D eigenvalue weighted by atomic mass is 10.1. The van der Waals surface area contributed by atoms with E-state index in [1.165, 1.54) is 0 Å². The molecule has 2 heterocycles. The Morgan fingerprint density at radius 3 is 2.78 bits per heavy atom. The van der Waals surface area contributed by atoms with Gasteiger partial charge >= 0.3 is 6.09 Å². The number of methoxy groups -OCH3 is 1. The maximum atomic E-state index is 12.3. The van der Waals surface area contributed by atoms with Crippen LogP contribution in [0.5, 0.6) is 11.5 Å². The molecule has 146 valence electrons. The second kappa shape index (κ2) is 7.76. The Kier molecular flexibility index (Phi) is 5.60. The monoisotopic (exact) mass is 393 g/mol. The molecule has 0 bridgehead atoms. The van der Waals surface area contributed by atoms with E-state index >= 15 is 0 Å². The van der Waals surface area contributed by atoms with Crippen molar-refractivity contribution >= 4 is 28.6 Å². The molecule has 27 heavy (non-hydrogen) atoms. The molecule has 0 unspecified atom stereocenters. The van der Waals surface area contributed by atoms with Gasteiger partial charge < -0.3 is 19.1 Å². The Bertz CT molecular complexity index is 838. The largest absolute Gasteiger partial charge is 0.493 e. The summed E-state index contributed by atoms with van der Waals surface area (Å²) in [5.41, 5.74) is 0.159. The highest BCUT2D eigenvalue weighted by molar-refractivity contribution is 6.28. The fourth-order valence-electron chi connectivity index (χ4n) is 2.97. The number of ether oxygens (including phenoxy) is 3. The normalized spacial score (nSPS) is 17.7. The van der Waals surface area contributed by atoms with Gasteiger partial charge in [0, 0.05) is 24.2 Å². The first-order valence-corrected chi connectivity index (χ1v) is 9.28. The van der Waals surface area contributed by atoms with E-state index in [1.54, 1.807) is 24.3 Å². The fourth-order valence-corrected chi connectivity index (χ4v) is 3.11. The molecule has 2 aromatic rings. The molecule has 1 amide bonds. The average molecular weight is 394 g/mol. The molecule has 0 radical (unpaired) electrons. The van der Waals surface area contributed by atoms with Gasteiger partial charge in [0.25, 0.3) is 0 Å². The van der Waals surface area contributed by atoms with Crippen LogP contribution < -0.4 is 9.47 Å². The Morgan fingerprint density at radius 1 is 1.30 bits per heavy atom. The van der Waals surface area contributed by atoms with Gasteiger partial charge in [0.05, 0.1) is 19.2 Å². The molecule has 1 aliphatic rings. The number of amides is 1. The molecular formula is C19H24ClN3O4. The summed E-state index contributed by atoms with van der Waals surface area (Å²) in [4.78, 5) is 22.2. The minimum atomic E-state index is -0.520. The van der Waals surface area contributed by atoms with Crippen molar-refractivity contribution in [2.45, 2.75) is 45.3 Å². The van der Waals surface area contributed by atoms with E-state index < -0.39 is 5.60 Å². The Hall–Kier alpha value is -2.28. The summed E-state index contributed by atoms with van der Waals surface area (Å²) >= 11 is 5.86. The molecule has 1 saturated heterocycles. The van der Waals surface area contributed by atoms with Gasteiger partial charge in [-0.2, -0.15) is 0 Å². The third-order valence-corrected chi connectivity index (χ3v) is 4.34. The molecule has 0 saturated carbocycles. The first kappa shape index (κ1) is 19.5. The highest BCUT2D eigenvalue weighted by Gasteiger charge is 2.29. The number of carbonyl (C=O) groups is 1. The molecule has 0 spiro atoms. The summed E-state index contributed by atoms with van der Waals surface area (Å²) in [6.45, 7) is 6.70. The van der Waals surface area contributed by atoms with Gasteiger partial charge in [0.1, 0.15) is 11.7 Å². The highest BCUT2D eigenvalue weighted by atomic mass is 35.5. The Morgan fingerprint density at radius 2 is 2.07 bits per heavy atom. The lowest BCUT2D eigenvalue weighted by molar-refractivity contribution is 0.00753. The standard InChI is InChI=1S/C19H24ClN3O4/c1-19(2,3)27-18(24)23-7-5-6-13(11-23)26-16-8-12-10-21-17(20)22-14(12)9-15(16)25-4/h8-10,13H,5-7,11H2,1-4H3/t13-/m0/s1. The SMILES string of the molecule is COc1cc2nc(Cl)ncc2cc1O[C@H]1CCCN(C(=O)OC(C)(C)C)C1. The number of fused-ring (bicyclic) bond motifs is 1. The van der Waals surface area contributed by atoms with Crippen molar-refractivity contribution in [2.24, 2.45) is 0 Å². The lowest BCUT2D eigenvalue weighted by Gasteiger charge is -2.34. The summed E-state index contributed by atoms with van der Waals surface area (Å²) in [6.07, 6.45) is 2.87. The third-order valence-electron chi connectivity index (χ3n) is 4.16. The molecule has 3 rings (SSSR count). The van der Waals surface area contributed by atoms with E-state index in [0.29, 0.717) is 30.1 Å². The van der Waals surface area contributed by atoms with Crippen LogP contribution in [0, 0.1) is 0 Å². The summed E-state index contributed by atoms with van der Waals surface area (Å²) < 4.78 is 17.1. The zero-order valence-electron chi connectivity index (χ0n) is 16.0. The number of carbonyl (C=O) groups excluding carboxylic acids is 1. The van der Waals surface area contributed by atoms with Crippen molar-refractivity contribution < 1.29 is 19.0 Å². The van der Waals surface area contributed by atoms with Crippen molar-refractivity contribution in [1.29, 1.82) is 0 Å². The molecule has 1 aromatic heterocycles. The molecule has 1 atom stereocenters. The number of rotatable bonds is 3. The second-order valence-corrected chi connectivity index (χ2v) is 7.85. The van der Waals surface area contributed by atoms with Gasteiger partial charge in [-0.25, -0.2) is 14.8 Å². The quantitative estimate of drug-likeness (QED) is 0.732. The van der Waals surface area contributed by atoms with Crippen LogP contribution in [-0.4, -0.2) is 52.9 Å². The zero-order chi connectivity index (χ0) is 19.6. The smallest absolute Gasteiger partial charge is 0.410 e. The van der Waals surface area contributed by atoms with Gasteiger partial charge in [-0.3, -0.25) is 0 Å². The maximum Gasteiger partial charge on any atom is 0.410 e. The first-order chi connectivity index (χ1) is 12.7. The Balaban J connectivity index is 1.76. The van der Waals surface area contributed by atoms with Crippen LogP contribution in [0.2, 0.25) is 5.28 Å². The van der Waals surface area contributed by atoms with E-state index in [4.69, 9.17) is 25.8 Å². The van der Waals surface area contributed by atoms with Crippen LogP contribution in [0.1, 0.15) is 33.6 Å². The van der Waals surface area contributed by atoms with Crippen molar-refractivity contribution in [3.05, 3.63) is 23.6 Å². The van der Waals surface area contributed by atoms with E-state index in [9.17, 15) is 4.79 Å². The van der Waals surface area contributed by atoms with Gasteiger partial charge in [0.15, 0.2) is 11.5 Å². The zero-order valence-corrected chi connectivity index (χ0v) is 16.7. The van der Waals surface area contributed by atoms with Crippen molar-refractivity contribution in [1.82, 2.24) is 14.9 Å². The lowest BCUT2D eigenvalue weighted by Crippen LogP contribution is -2.46. The number of nitrogens with zero attached hydrogens (tertiary/aromatic N) is 3. The van der Waals surface area contributed by atoms with Gasteiger partial charge in [-0.05, 0) is 51.3 Å². The minimum absolute atomic E-state index is 0.147. The molecule has 0 aliphatic carbocycles. The topological polar surface area (TPSA) is 73.8 Å². The molecule has 1 aliphatic heterocycles. The Labute approximate surface area is 163 Å². The number of halogens is 1. The molecule has 1 aromatic carbocycles. The molecule has 0 N–H and O–H groups in total. The van der Waals surface area contributed by atoms with Crippen molar-refractivity contribution in [2.75, 3.05) is 20.2 Å². The fraction of sp³-hybridized carbons (Fsp3) is 0.526. The summed E-state index contributed by atoms with van der Waals surface area (Å²) in [5.74, 6) is 1.15. The summed E-state index contributed by atoms with van der Waals surface area (Å²) in [7, 11) is 1.57. The summed E-state index contributed by atoms with van der Waals surface area (Å²) in [6, 6.07) is 3.60. The third kappa shape index (κ3) is 4.91. The van der Waals surface area contributed by atoms with E-state index in [-0.39, 0.29) is 17.5 Å². The van der Waals surface area contributed by atoms with Crippen LogP contribution in [0.25, 0.3) is 10.9 Å². The van der Waals surface area contributed by atoms with Crippen LogP contribution in [0.4, 0.5) is 4.79 Å². The van der Waals surface area contributed by atoms with E-state index in [0.717, 1.165) is 18.2 Å². The molecular weight excluding hydrogens is 370 g/mol. The average Bonchev–Trinajstić information content (AvgIpc) is 2.60. The predicted octanol–water partition coefficient (Wildman–Crippen LogP) is 4.07. The first-order valence-electron chi connectivity index (χ1n) is 8.90. The minimum Gasteiger partial charge on any atom is -0.493 e. The number of aromatic nitrogens is 2. The van der Waals surface area contributed by atoms with Crippen LogP contribution in [-0.2, 0) is 4.74 Å². The molecule has 1 fully saturated rings. The van der Waals surface area contributed by atoms with Crippen molar-refractivity contribution in [3.8, 4) is 11.5 Å². The number of hydrogen-bond donors (Lipinski definition) is 0. The van der Waals surface area contributed by atoms with Crippen LogP contribution >= 0.6 is 11.6 Å². The van der Waals surface area contributed by atoms with E-state index in [1.807, 2.05) is 26.8 Å². The van der Waals surface area contributed by atoms with E-state index in [2.05, 4.69) is 9.97 Å². The van der Waals surface area contributed by atoms with Crippen LogP contribution in [0.15, 0.2) is 18.3 Å².